The average Bonchev–Trinajstić information content (AvgIpc) is 2.21. The molecule has 0 fully saturated rings. The van der Waals surface area contributed by atoms with Gasteiger partial charge in [0.1, 0.15) is 0 Å². The van der Waals surface area contributed by atoms with E-state index in [-0.39, 0.29) is 36.3 Å². The minimum atomic E-state index is -0.193. The number of hydrogen-bond donors (Lipinski definition) is 3. The highest BCUT2D eigenvalue weighted by atomic mass is 16.3. The van der Waals surface area contributed by atoms with Gasteiger partial charge in [0.2, 0.25) is 11.8 Å². The third kappa shape index (κ3) is 10.1. The van der Waals surface area contributed by atoms with Gasteiger partial charge in [-0.15, -0.1) is 0 Å². The van der Waals surface area contributed by atoms with Crippen LogP contribution in [0.15, 0.2) is 0 Å². The molecule has 0 rings (SSSR count). The minimum Gasteiger partial charge on any atom is -0.396 e. The van der Waals surface area contributed by atoms with E-state index in [2.05, 4.69) is 10.6 Å². The van der Waals surface area contributed by atoms with E-state index in [1.165, 1.54) is 0 Å². The van der Waals surface area contributed by atoms with Crippen molar-refractivity contribution in [3.8, 4) is 0 Å². The Morgan fingerprint density at radius 3 is 2.28 bits per heavy atom. The molecule has 0 aliphatic rings. The molecule has 2 amide bonds. The molecule has 0 saturated heterocycles. The average molecular weight is 258 g/mol. The topological polar surface area (TPSA) is 78.4 Å². The van der Waals surface area contributed by atoms with Gasteiger partial charge in [0.15, 0.2) is 0 Å². The van der Waals surface area contributed by atoms with E-state index >= 15 is 0 Å². The standard InChI is InChI=1S/C13H26N2O3/c1-10(5-6-16)8-14-12(18)9-15-11(17)7-13(2,3)4/h10,16H,5-9H2,1-4H3,(H,14,18)(H,15,17). The summed E-state index contributed by atoms with van der Waals surface area (Å²) in [7, 11) is 0. The maximum atomic E-state index is 11.5. The summed E-state index contributed by atoms with van der Waals surface area (Å²) in [5.74, 6) is -0.0627. The fourth-order valence-corrected chi connectivity index (χ4v) is 1.40. The van der Waals surface area contributed by atoms with E-state index in [0.717, 1.165) is 0 Å². The molecule has 1 atom stereocenters. The zero-order valence-corrected chi connectivity index (χ0v) is 11.9. The molecule has 0 heterocycles. The molecule has 0 aliphatic heterocycles. The highest BCUT2D eigenvalue weighted by Gasteiger charge is 2.16. The normalized spacial score (nSPS) is 12.9. The molecule has 0 bridgehead atoms. The first kappa shape index (κ1) is 16.9. The first-order valence-electron chi connectivity index (χ1n) is 6.39. The quantitative estimate of drug-likeness (QED) is 0.628. The van der Waals surface area contributed by atoms with Crippen molar-refractivity contribution < 1.29 is 14.7 Å². The van der Waals surface area contributed by atoms with Crippen molar-refractivity contribution in [2.75, 3.05) is 19.7 Å². The number of aliphatic hydroxyl groups excluding tert-OH is 1. The van der Waals surface area contributed by atoms with Gasteiger partial charge in [-0.2, -0.15) is 0 Å². The Morgan fingerprint density at radius 2 is 1.78 bits per heavy atom. The minimum absolute atomic E-state index is 0.0146. The van der Waals surface area contributed by atoms with Crippen molar-refractivity contribution in [2.45, 2.75) is 40.5 Å². The first-order chi connectivity index (χ1) is 8.24. The van der Waals surface area contributed by atoms with Gasteiger partial charge in [0, 0.05) is 19.6 Å². The van der Waals surface area contributed by atoms with E-state index in [1.54, 1.807) is 0 Å². The Balaban J connectivity index is 3.74. The molecule has 0 radical (unpaired) electrons. The molecular weight excluding hydrogens is 232 g/mol. The van der Waals surface area contributed by atoms with Crippen LogP contribution in [-0.2, 0) is 9.59 Å². The smallest absolute Gasteiger partial charge is 0.239 e. The second-order valence-corrected chi connectivity index (χ2v) is 5.94. The number of aliphatic hydroxyl groups is 1. The van der Waals surface area contributed by atoms with Crippen molar-refractivity contribution >= 4 is 11.8 Å². The number of carbonyl (C=O) groups excluding carboxylic acids is 2. The van der Waals surface area contributed by atoms with Crippen LogP contribution in [0.4, 0.5) is 0 Å². The Kier molecular flexibility index (Phi) is 7.59. The summed E-state index contributed by atoms with van der Waals surface area (Å²) in [5.41, 5.74) is -0.0732. The monoisotopic (exact) mass is 258 g/mol. The summed E-state index contributed by atoms with van der Waals surface area (Å²) >= 11 is 0. The second-order valence-electron chi connectivity index (χ2n) is 5.94. The predicted molar refractivity (Wildman–Crippen MR) is 71.0 cm³/mol. The van der Waals surface area contributed by atoms with Crippen LogP contribution in [0.25, 0.3) is 0 Å². The van der Waals surface area contributed by atoms with Crippen molar-refractivity contribution in [3.63, 3.8) is 0 Å². The lowest BCUT2D eigenvalue weighted by Gasteiger charge is -2.17. The van der Waals surface area contributed by atoms with Gasteiger partial charge in [-0.05, 0) is 17.8 Å². The van der Waals surface area contributed by atoms with Crippen LogP contribution in [0.3, 0.4) is 0 Å². The second kappa shape index (κ2) is 8.08. The highest BCUT2D eigenvalue weighted by Crippen LogP contribution is 2.17. The van der Waals surface area contributed by atoms with Crippen molar-refractivity contribution in [1.29, 1.82) is 0 Å². The van der Waals surface area contributed by atoms with E-state index in [9.17, 15) is 9.59 Å². The molecule has 3 N–H and O–H groups in total. The van der Waals surface area contributed by atoms with Crippen LogP contribution in [-0.4, -0.2) is 36.6 Å². The van der Waals surface area contributed by atoms with Crippen LogP contribution >= 0.6 is 0 Å². The predicted octanol–water partition coefficient (Wildman–Crippen LogP) is 0.673. The number of nitrogens with one attached hydrogen (secondary N) is 2. The SMILES string of the molecule is CC(CCO)CNC(=O)CNC(=O)CC(C)(C)C. The lowest BCUT2D eigenvalue weighted by atomic mass is 9.92. The summed E-state index contributed by atoms with van der Waals surface area (Å²) in [5, 5.41) is 14.0. The molecule has 0 aromatic heterocycles. The molecule has 0 aliphatic carbocycles. The van der Waals surface area contributed by atoms with Crippen LogP contribution in [0, 0.1) is 11.3 Å². The zero-order chi connectivity index (χ0) is 14.2. The van der Waals surface area contributed by atoms with E-state index in [0.29, 0.717) is 19.4 Å². The molecule has 0 aromatic rings. The summed E-state index contributed by atoms with van der Waals surface area (Å²) in [6, 6.07) is 0. The number of carbonyl (C=O) groups is 2. The molecule has 0 saturated carbocycles. The van der Waals surface area contributed by atoms with Crippen molar-refractivity contribution in [2.24, 2.45) is 11.3 Å². The lowest BCUT2D eigenvalue weighted by Crippen LogP contribution is -2.39. The zero-order valence-electron chi connectivity index (χ0n) is 11.9. The van der Waals surface area contributed by atoms with E-state index < -0.39 is 0 Å². The van der Waals surface area contributed by atoms with E-state index in [1.807, 2.05) is 27.7 Å². The molecular formula is C13H26N2O3. The van der Waals surface area contributed by atoms with Gasteiger partial charge in [-0.1, -0.05) is 27.7 Å². The van der Waals surface area contributed by atoms with Crippen LogP contribution in [0.2, 0.25) is 0 Å². The third-order valence-corrected chi connectivity index (χ3v) is 2.41. The molecule has 18 heavy (non-hydrogen) atoms. The molecule has 0 aromatic carbocycles. The Labute approximate surface area is 109 Å². The number of rotatable bonds is 7. The lowest BCUT2D eigenvalue weighted by molar-refractivity contribution is -0.127. The van der Waals surface area contributed by atoms with Gasteiger partial charge < -0.3 is 15.7 Å². The maximum Gasteiger partial charge on any atom is 0.239 e. The van der Waals surface area contributed by atoms with Gasteiger partial charge >= 0.3 is 0 Å². The third-order valence-electron chi connectivity index (χ3n) is 2.41. The highest BCUT2D eigenvalue weighted by molar-refractivity contribution is 5.84. The first-order valence-corrected chi connectivity index (χ1v) is 6.39. The van der Waals surface area contributed by atoms with Crippen LogP contribution in [0.1, 0.15) is 40.5 Å². The summed E-state index contributed by atoms with van der Waals surface area (Å²) in [6.45, 7) is 8.54. The molecule has 0 spiro atoms. The van der Waals surface area contributed by atoms with E-state index in [4.69, 9.17) is 5.11 Å². The number of hydrogen-bond acceptors (Lipinski definition) is 3. The Morgan fingerprint density at radius 1 is 1.17 bits per heavy atom. The van der Waals surface area contributed by atoms with Crippen LogP contribution < -0.4 is 10.6 Å². The Bertz CT molecular complexity index is 272. The van der Waals surface area contributed by atoms with Gasteiger partial charge in [-0.25, -0.2) is 0 Å². The molecule has 5 heteroatoms. The van der Waals surface area contributed by atoms with Crippen molar-refractivity contribution in [1.82, 2.24) is 10.6 Å². The Hall–Kier alpha value is -1.10. The van der Waals surface area contributed by atoms with Crippen LogP contribution in [0.5, 0.6) is 0 Å². The van der Waals surface area contributed by atoms with Gasteiger partial charge in [-0.3, -0.25) is 9.59 Å². The fraction of sp³-hybridized carbons (Fsp3) is 0.846. The summed E-state index contributed by atoms with van der Waals surface area (Å²) in [4.78, 5) is 22.9. The summed E-state index contributed by atoms with van der Waals surface area (Å²) < 4.78 is 0. The largest absolute Gasteiger partial charge is 0.396 e. The van der Waals surface area contributed by atoms with Gasteiger partial charge in [0.05, 0.1) is 6.54 Å². The summed E-state index contributed by atoms with van der Waals surface area (Å²) in [6.07, 6.45) is 1.07. The maximum absolute atomic E-state index is 11.5. The van der Waals surface area contributed by atoms with Gasteiger partial charge in [0.25, 0.3) is 0 Å². The molecule has 106 valence electrons. The fourth-order valence-electron chi connectivity index (χ4n) is 1.40. The molecule has 5 nitrogen and oxygen atoms in total. The van der Waals surface area contributed by atoms with Crippen molar-refractivity contribution in [3.05, 3.63) is 0 Å². The number of amides is 2. The molecule has 1 unspecified atom stereocenters.